The summed E-state index contributed by atoms with van der Waals surface area (Å²) in [5, 5.41) is 5.36. The highest BCUT2D eigenvalue weighted by Crippen LogP contribution is 2.30. The normalized spacial score (nSPS) is 10.9. The van der Waals surface area contributed by atoms with Crippen molar-refractivity contribution in [3.8, 4) is 16.2 Å². The van der Waals surface area contributed by atoms with Crippen molar-refractivity contribution in [2.45, 2.75) is 26.5 Å². The van der Waals surface area contributed by atoms with Crippen molar-refractivity contribution < 1.29 is 4.74 Å². The Balaban J connectivity index is 2.21. The Morgan fingerprint density at radius 1 is 1.28 bits per heavy atom. The van der Waals surface area contributed by atoms with E-state index in [2.05, 4.69) is 28.9 Å². The average Bonchev–Trinajstić information content (AvgIpc) is 2.78. The fraction of sp³-hybridized carbons (Fsp3) is 0.333. The lowest BCUT2D eigenvalue weighted by atomic mass is 10.1. The van der Waals surface area contributed by atoms with Gasteiger partial charge in [0.05, 0.1) is 6.10 Å². The molecule has 0 unspecified atom stereocenters. The molecule has 1 heterocycles. The number of benzene rings is 1. The van der Waals surface area contributed by atoms with Crippen LogP contribution in [0.1, 0.15) is 19.4 Å². The SMILES string of the molecule is CNCc1csc(-c2cccc(OC(C)C)c2)c1. The maximum absolute atomic E-state index is 5.72. The summed E-state index contributed by atoms with van der Waals surface area (Å²) < 4.78 is 5.72. The zero-order valence-electron chi connectivity index (χ0n) is 11.1. The molecule has 96 valence electrons. The van der Waals surface area contributed by atoms with Crippen molar-refractivity contribution in [2.24, 2.45) is 0 Å². The lowest BCUT2D eigenvalue weighted by Crippen LogP contribution is -2.05. The second-order valence-electron chi connectivity index (χ2n) is 4.54. The summed E-state index contributed by atoms with van der Waals surface area (Å²) in [6.45, 7) is 5.00. The third kappa shape index (κ3) is 3.34. The Hall–Kier alpha value is -1.32. The summed E-state index contributed by atoms with van der Waals surface area (Å²) in [5.41, 5.74) is 2.55. The van der Waals surface area contributed by atoms with Gasteiger partial charge in [0.15, 0.2) is 0 Å². The van der Waals surface area contributed by atoms with Crippen molar-refractivity contribution in [1.29, 1.82) is 0 Å². The predicted molar refractivity (Wildman–Crippen MR) is 78.3 cm³/mol. The van der Waals surface area contributed by atoms with E-state index in [9.17, 15) is 0 Å². The van der Waals surface area contributed by atoms with E-state index < -0.39 is 0 Å². The summed E-state index contributed by atoms with van der Waals surface area (Å²) >= 11 is 1.77. The van der Waals surface area contributed by atoms with Gasteiger partial charge in [0.1, 0.15) is 5.75 Å². The quantitative estimate of drug-likeness (QED) is 0.880. The molecule has 0 aliphatic heterocycles. The second-order valence-corrected chi connectivity index (χ2v) is 5.46. The largest absolute Gasteiger partial charge is 0.491 e. The fourth-order valence-corrected chi connectivity index (χ4v) is 2.73. The van der Waals surface area contributed by atoms with Crippen molar-refractivity contribution in [1.82, 2.24) is 5.32 Å². The molecule has 2 nitrogen and oxygen atoms in total. The molecule has 0 amide bonds. The van der Waals surface area contributed by atoms with E-state index in [1.54, 1.807) is 11.3 Å². The molecule has 0 saturated carbocycles. The Morgan fingerprint density at radius 3 is 2.83 bits per heavy atom. The van der Waals surface area contributed by atoms with E-state index in [1.807, 2.05) is 33.0 Å². The van der Waals surface area contributed by atoms with Gasteiger partial charge in [-0.3, -0.25) is 0 Å². The molecule has 1 aromatic carbocycles. The molecule has 2 rings (SSSR count). The van der Waals surface area contributed by atoms with E-state index in [0.717, 1.165) is 12.3 Å². The minimum atomic E-state index is 0.212. The zero-order valence-corrected chi connectivity index (χ0v) is 11.9. The van der Waals surface area contributed by atoms with Crippen LogP contribution in [0.4, 0.5) is 0 Å². The molecule has 0 atom stereocenters. The van der Waals surface area contributed by atoms with Crippen molar-refractivity contribution in [3.05, 3.63) is 41.3 Å². The molecule has 0 fully saturated rings. The number of thiophene rings is 1. The van der Waals surface area contributed by atoms with E-state index >= 15 is 0 Å². The monoisotopic (exact) mass is 261 g/mol. The number of nitrogens with one attached hydrogen (secondary N) is 1. The van der Waals surface area contributed by atoms with Crippen LogP contribution in [0, 0.1) is 0 Å². The Bertz CT molecular complexity index is 505. The molecule has 0 radical (unpaired) electrons. The Morgan fingerprint density at radius 2 is 2.11 bits per heavy atom. The Kier molecular flexibility index (Phi) is 4.39. The van der Waals surface area contributed by atoms with Crippen LogP contribution in [0.3, 0.4) is 0 Å². The van der Waals surface area contributed by atoms with Gasteiger partial charge in [-0.05, 0) is 55.6 Å². The van der Waals surface area contributed by atoms with Gasteiger partial charge in [0.2, 0.25) is 0 Å². The minimum absolute atomic E-state index is 0.212. The number of hydrogen-bond acceptors (Lipinski definition) is 3. The molecule has 0 aliphatic rings. The maximum Gasteiger partial charge on any atom is 0.120 e. The van der Waals surface area contributed by atoms with Crippen LogP contribution < -0.4 is 10.1 Å². The van der Waals surface area contributed by atoms with Gasteiger partial charge < -0.3 is 10.1 Å². The van der Waals surface area contributed by atoms with Gasteiger partial charge in [-0.25, -0.2) is 0 Å². The molecule has 0 saturated heterocycles. The smallest absolute Gasteiger partial charge is 0.120 e. The first-order valence-corrected chi connectivity index (χ1v) is 7.06. The van der Waals surface area contributed by atoms with Gasteiger partial charge in [-0.1, -0.05) is 12.1 Å². The van der Waals surface area contributed by atoms with Gasteiger partial charge in [0, 0.05) is 11.4 Å². The summed E-state index contributed by atoms with van der Waals surface area (Å²) in [7, 11) is 1.97. The molecule has 0 bridgehead atoms. The third-order valence-electron chi connectivity index (χ3n) is 2.52. The highest BCUT2D eigenvalue weighted by molar-refractivity contribution is 7.13. The van der Waals surface area contributed by atoms with Crippen LogP contribution in [0.5, 0.6) is 5.75 Å². The van der Waals surface area contributed by atoms with Crippen LogP contribution in [-0.4, -0.2) is 13.2 Å². The molecule has 1 aromatic heterocycles. The average molecular weight is 261 g/mol. The second kappa shape index (κ2) is 6.03. The van der Waals surface area contributed by atoms with Crippen LogP contribution >= 0.6 is 11.3 Å². The minimum Gasteiger partial charge on any atom is -0.491 e. The number of ether oxygens (including phenoxy) is 1. The highest BCUT2D eigenvalue weighted by atomic mass is 32.1. The molecule has 0 aliphatic carbocycles. The summed E-state index contributed by atoms with van der Waals surface area (Å²) in [5.74, 6) is 0.936. The number of hydrogen-bond donors (Lipinski definition) is 1. The first-order chi connectivity index (χ1) is 8.69. The van der Waals surface area contributed by atoms with Crippen molar-refractivity contribution in [3.63, 3.8) is 0 Å². The van der Waals surface area contributed by atoms with Crippen molar-refractivity contribution >= 4 is 11.3 Å². The molecule has 3 heteroatoms. The molecule has 18 heavy (non-hydrogen) atoms. The lowest BCUT2D eigenvalue weighted by Gasteiger charge is -2.10. The molecule has 0 spiro atoms. The topological polar surface area (TPSA) is 21.3 Å². The predicted octanol–water partition coefficient (Wildman–Crippen LogP) is 3.92. The van der Waals surface area contributed by atoms with Crippen LogP contribution in [0.25, 0.3) is 10.4 Å². The van der Waals surface area contributed by atoms with Gasteiger partial charge >= 0.3 is 0 Å². The van der Waals surface area contributed by atoms with Gasteiger partial charge in [-0.15, -0.1) is 11.3 Å². The lowest BCUT2D eigenvalue weighted by molar-refractivity contribution is 0.242. The van der Waals surface area contributed by atoms with E-state index in [1.165, 1.54) is 16.0 Å². The first-order valence-electron chi connectivity index (χ1n) is 6.18. The molecular weight excluding hydrogens is 242 g/mol. The van der Waals surface area contributed by atoms with E-state index in [4.69, 9.17) is 4.74 Å². The zero-order chi connectivity index (χ0) is 13.0. The van der Waals surface area contributed by atoms with E-state index in [-0.39, 0.29) is 6.10 Å². The van der Waals surface area contributed by atoms with Crippen molar-refractivity contribution in [2.75, 3.05) is 7.05 Å². The molecule has 2 aromatic rings. The summed E-state index contributed by atoms with van der Waals surface area (Å²) in [6.07, 6.45) is 0.212. The summed E-state index contributed by atoms with van der Waals surface area (Å²) in [6, 6.07) is 10.5. The highest BCUT2D eigenvalue weighted by Gasteiger charge is 2.04. The van der Waals surface area contributed by atoms with Gasteiger partial charge in [0.25, 0.3) is 0 Å². The van der Waals surface area contributed by atoms with Crippen LogP contribution in [0.15, 0.2) is 35.7 Å². The molecule has 1 N–H and O–H groups in total. The molecular formula is C15H19NOS. The van der Waals surface area contributed by atoms with Crippen LogP contribution in [0.2, 0.25) is 0 Å². The van der Waals surface area contributed by atoms with Gasteiger partial charge in [-0.2, -0.15) is 0 Å². The summed E-state index contributed by atoms with van der Waals surface area (Å²) in [4.78, 5) is 1.29. The number of rotatable bonds is 5. The fourth-order valence-electron chi connectivity index (χ4n) is 1.82. The Labute approximate surface area is 113 Å². The standard InChI is InChI=1S/C15H19NOS/c1-11(2)17-14-6-4-5-13(8-14)15-7-12(9-16-3)10-18-15/h4-8,10-11,16H,9H2,1-3H3. The van der Waals surface area contributed by atoms with E-state index in [0.29, 0.717) is 0 Å². The maximum atomic E-state index is 5.72. The third-order valence-corrected chi connectivity index (χ3v) is 3.55. The van der Waals surface area contributed by atoms with Crippen LogP contribution in [-0.2, 0) is 6.54 Å². The first kappa shape index (κ1) is 13.1.